The van der Waals surface area contributed by atoms with Crippen LogP contribution in [0.1, 0.15) is 12.5 Å². The number of anilines is 2. The summed E-state index contributed by atoms with van der Waals surface area (Å²) in [5, 5.41) is 2.94. The van der Waals surface area contributed by atoms with Gasteiger partial charge >= 0.3 is 6.03 Å². The summed E-state index contributed by atoms with van der Waals surface area (Å²) in [6.45, 7) is 5.25. The van der Waals surface area contributed by atoms with Crippen molar-refractivity contribution in [2.24, 2.45) is 0 Å². The molecule has 25 heavy (non-hydrogen) atoms. The van der Waals surface area contributed by atoms with E-state index in [4.69, 9.17) is 4.74 Å². The van der Waals surface area contributed by atoms with Gasteiger partial charge in [-0.1, -0.05) is 31.2 Å². The van der Waals surface area contributed by atoms with E-state index in [1.807, 2.05) is 29.2 Å². The third-order valence-electron chi connectivity index (χ3n) is 4.63. The number of amides is 2. The lowest BCUT2D eigenvalue weighted by atomic mass is 10.1. The Morgan fingerprint density at radius 1 is 1.04 bits per heavy atom. The molecular weight excluding hydrogens is 314 g/mol. The summed E-state index contributed by atoms with van der Waals surface area (Å²) in [4.78, 5) is 16.7. The summed E-state index contributed by atoms with van der Waals surface area (Å²) in [6, 6.07) is 16.1. The molecular formula is C20H25N3O2. The second-order valence-electron chi connectivity index (χ2n) is 6.12. The lowest BCUT2D eigenvalue weighted by Gasteiger charge is -2.36. The summed E-state index contributed by atoms with van der Waals surface area (Å²) >= 11 is 0. The molecule has 0 atom stereocenters. The number of piperazine rings is 1. The molecule has 0 aliphatic carbocycles. The molecule has 2 aromatic rings. The molecule has 132 valence electrons. The molecule has 1 aliphatic heterocycles. The minimum atomic E-state index is -0.0783. The van der Waals surface area contributed by atoms with Crippen LogP contribution in [0.3, 0.4) is 0 Å². The fourth-order valence-electron chi connectivity index (χ4n) is 3.05. The van der Waals surface area contributed by atoms with Crippen LogP contribution in [0, 0.1) is 0 Å². The van der Waals surface area contributed by atoms with Crippen molar-refractivity contribution in [3.05, 3.63) is 54.1 Å². The van der Waals surface area contributed by atoms with E-state index in [0.29, 0.717) is 24.5 Å². The van der Waals surface area contributed by atoms with E-state index in [9.17, 15) is 4.79 Å². The number of carbonyl (C=O) groups is 1. The number of hydrogen-bond donors (Lipinski definition) is 1. The molecule has 2 amide bonds. The molecule has 0 radical (unpaired) electrons. The molecule has 0 unspecified atom stereocenters. The average molecular weight is 339 g/mol. The lowest BCUT2D eigenvalue weighted by Crippen LogP contribution is -2.50. The van der Waals surface area contributed by atoms with E-state index in [2.05, 4.69) is 41.4 Å². The highest BCUT2D eigenvalue weighted by atomic mass is 16.5. The van der Waals surface area contributed by atoms with Gasteiger partial charge in [-0.2, -0.15) is 0 Å². The van der Waals surface area contributed by atoms with Crippen molar-refractivity contribution in [2.75, 3.05) is 43.5 Å². The van der Waals surface area contributed by atoms with Crippen LogP contribution >= 0.6 is 0 Å². The number of nitrogens with one attached hydrogen (secondary N) is 1. The van der Waals surface area contributed by atoms with Crippen LogP contribution < -0.4 is 15.0 Å². The second kappa shape index (κ2) is 7.92. The first kappa shape index (κ1) is 17.1. The normalized spacial score (nSPS) is 14.3. The zero-order valence-electron chi connectivity index (χ0n) is 14.9. The van der Waals surface area contributed by atoms with Crippen molar-refractivity contribution in [2.45, 2.75) is 13.3 Å². The minimum absolute atomic E-state index is 0.0783. The first-order valence-electron chi connectivity index (χ1n) is 8.74. The van der Waals surface area contributed by atoms with Crippen LogP contribution in [-0.2, 0) is 6.42 Å². The molecule has 5 nitrogen and oxygen atoms in total. The van der Waals surface area contributed by atoms with Crippen molar-refractivity contribution < 1.29 is 9.53 Å². The van der Waals surface area contributed by atoms with Crippen molar-refractivity contribution in [1.29, 1.82) is 0 Å². The summed E-state index contributed by atoms with van der Waals surface area (Å²) in [5.74, 6) is 0.672. The van der Waals surface area contributed by atoms with E-state index in [1.54, 1.807) is 7.11 Å². The molecule has 0 spiro atoms. The molecule has 1 aliphatic rings. The third kappa shape index (κ3) is 4.05. The predicted octanol–water partition coefficient (Wildman–Crippen LogP) is 3.61. The van der Waals surface area contributed by atoms with Gasteiger partial charge in [0.2, 0.25) is 0 Å². The van der Waals surface area contributed by atoms with Crippen molar-refractivity contribution >= 4 is 17.4 Å². The highest BCUT2D eigenvalue weighted by molar-refractivity contribution is 5.91. The first-order chi connectivity index (χ1) is 12.2. The maximum absolute atomic E-state index is 12.5. The van der Waals surface area contributed by atoms with E-state index in [0.717, 1.165) is 19.5 Å². The molecule has 1 saturated heterocycles. The summed E-state index contributed by atoms with van der Waals surface area (Å²) in [5.41, 5.74) is 3.27. The van der Waals surface area contributed by atoms with Crippen LogP contribution in [0.25, 0.3) is 0 Å². The minimum Gasteiger partial charge on any atom is -0.495 e. The molecule has 0 saturated carbocycles. The van der Waals surface area contributed by atoms with Gasteiger partial charge in [0.1, 0.15) is 5.75 Å². The standard InChI is InChI=1S/C20H25N3O2/c1-3-16-8-10-17(11-9-16)22-12-14-23(15-13-22)20(24)21-18-6-4-5-7-19(18)25-2/h4-11H,3,12-15H2,1-2H3,(H,21,24). The van der Waals surface area contributed by atoms with Crippen LogP contribution in [0.5, 0.6) is 5.75 Å². The second-order valence-corrected chi connectivity index (χ2v) is 6.12. The molecule has 3 rings (SSSR count). The number of urea groups is 1. The van der Waals surface area contributed by atoms with Gasteiger partial charge in [-0.25, -0.2) is 4.79 Å². The molecule has 0 aromatic heterocycles. The van der Waals surface area contributed by atoms with Gasteiger partial charge in [-0.05, 0) is 36.2 Å². The summed E-state index contributed by atoms with van der Waals surface area (Å²) in [7, 11) is 1.60. The summed E-state index contributed by atoms with van der Waals surface area (Å²) in [6.07, 6.45) is 1.05. The SMILES string of the molecule is CCc1ccc(N2CCN(C(=O)Nc3ccccc3OC)CC2)cc1. The number of methoxy groups -OCH3 is 1. The first-order valence-corrected chi connectivity index (χ1v) is 8.74. The Bertz CT molecular complexity index is 707. The number of carbonyl (C=O) groups excluding carboxylic acids is 1. The van der Waals surface area contributed by atoms with Gasteiger partial charge < -0.3 is 19.9 Å². The van der Waals surface area contributed by atoms with Gasteiger partial charge in [0, 0.05) is 31.9 Å². The topological polar surface area (TPSA) is 44.8 Å². The van der Waals surface area contributed by atoms with Crippen LogP contribution in [0.2, 0.25) is 0 Å². The van der Waals surface area contributed by atoms with Crippen LogP contribution in [0.4, 0.5) is 16.2 Å². The highest BCUT2D eigenvalue weighted by Gasteiger charge is 2.22. The van der Waals surface area contributed by atoms with Crippen molar-refractivity contribution in [1.82, 2.24) is 4.90 Å². The zero-order valence-corrected chi connectivity index (χ0v) is 14.9. The third-order valence-corrected chi connectivity index (χ3v) is 4.63. The number of ether oxygens (including phenoxy) is 1. The number of aryl methyl sites for hydroxylation is 1. The number of para-hydroxylation sites is 2. The molecule has 1 fully saturated rings. The van der Waals surface area contributed by atoms with Gasteiger partial charge in [0.25, 0.3) is 0 Å². The van der Waals surface area contributed by atoms with Gasteiger partial charge in [0.15, 0.2) is 0 Å². The molecule has 1 heterocycles. The number of hydrogen-bond acceptors (Lipinski definition) is 3. The van der Waals surface area contributed by atoms with Crippen LogP contribution in [0.15, 0.2) is 48.5 Å². The zero-order chi connectivity index (χ0) is 17.6. The van der Waals surface area contributed by atoms with Gasteiger partial charge in [-0.3, -0.25) is 0 Å². The van der Waals surface area contributed by atoms with Gasteiger partial charge in [0.05, 0.1) is 12.8 Å². The van der Waals surface area contributed by atoms with E-state index >= 15 is 0 Å². The Labute approximate surface area is 149 Å². The monoisotopic (exact) mass is 339 g/mol. The van der Waals surface area contributed by atoms with Crippen LogP contribution in [-0.4, -0.2) is 44.2 Å². The van der Waals surface area contributed by atoms with E-state index in [-0.39, 0.29) is 6.03 Å². The summed E-state index contributed by atoms with van der Waals surface area (Å²) < 4.78 is 5.29. The maximum atomic E-state index is 12.5. The molecule has 2 aromatic carbocycles. The Hall–Kier alpha value is -2.69. The smallest absolute Gasteiger partial charge is 0.322 e. The highest BCUT2D eigenvalue weighted by Crippen LogP contribution is 2.24. The number of nitrogens with zero attached hydrogens (tertiary/aromatic N) is 2. The average Bonchev–Trinajstić information content (AvgIpc) is 2.68. The quantitative estimate of drug-likeness (QED) is 0.925. The molecule has 1 N–H and O–H groups in total. The Balaban J connectivity index is 1.57. The molecule has 5 heteroatoms. The van der Waals surface area contributed by atoms with Crippen molar-refractivity contribution in [3.8, 4) is 5.75 Å². The van der Waals surface area contributed by atoms with Gasteiger partial charge in [-0.15, -0.1) is 0 Å². The van der Waals surface area contributed by atoms with Crippen molar-refractivity contribution in [3.63, 3.8) is 0 Å². The Morgan fingerprint density at radius 3 is 2.36 bits per heavy atom. The van der Waals surface area contributed by atoms with E-state index in [1.165, 1.54) is 11.3 Å². The number of rotatable bonds is 4. The largest absolute Gasteiger partial charge is 0.495 e. The number of benzene rings is 2. The fraction of sp³-hybridized carbons (Fsp3) is 0.350. The molecule has 0 bridgehead atoms. The Morgan fingerprint density at radius 2 is 1.72 bits per heavy atom. The maximum Gasteiger partial charge on any atom is 0.322 e. The fourth-order valence-corrected chi connectivity index (χ4v) is 3.05. The predicted molar refractivity (Wildman–Crippen MR) is 102 cm³/mol. The lowest BCUT2D eigenvalue weighted by molar-refractivity contribution is 0.208. The van der Waals surface area contributed by atoms with E-state index < -0.39 is 0 Å². The Kier molecular flexibility index (Phi) is 5.43.